The zero-order valence-electron chi connectivity index (χ0n) is 25.3. The van der Waals surface area contributed by atoms with Crippen LogP contribution < -0.4 is 0 Å². The minimum atomic E-state index is 0.0999. The summed E-state index contributed by atoms with van der Waals surface area (Å²) < 4.78 is 0. The van der Waals surface area contributed by atoms with E-state index in [1.807, 2.05) is 27.7 Å². The largest absolute Gasteiger partial charge is 0.0683 e. The highest BCUT2D eigenvalue weighted by Gasteiger charge is 2.41. The summed E-state index contributed by atoms with van der Waals surface area (Å²) in [5, 5.41) is 0. The molecule has 5 rings (SSSR count). The number of fused-ring (bicyclic) bond motifs is 3. The average Bonchev–Trinajstić information content (AvgIpc) is 2.89. The average molecular weight is 485 g/mol. The highest BCUT2D eigenvalue weighted by atomic mass is 14.4. The molecule has 0 radical (unpaired) electrons. The molecule has 36 heavy (non-hydrogen) atoms. The van der Waals surface area contributed by atoms with Crippen LogP contribution in [0.3, 0.4) is 0 Å². The van der Waals surface area contributed by atoms with Crippen LogP contribution in [-0.2, 0) is 21.7 Å². The van der Waals surface area contributed by atoms with Crippen LogP contribution in [0.25, 0.3) is 0 Å². The van der Waals surface area contributed by atoms with Crippen LogP contribution in [0.15, 0.2) is 72.8 Å². The fourth-order valence-electron chi connectivity index (χ4n) is 5.99. The highest BCUT2D eigenvalue weighted by Crippen LogP contribution is 2.49. The van der Waals surface area contributed by atoms with Gasteiger partial charge >= 0.3 is 0 Å². The van der Waals surface area contributed by atoms with Crippen molar-refractivity contribution >= 4 is 0 Å². The second-order valence-corrected chi connectivity index (χ2v) is 12.2. The Hall–Kier alpha value is -2.34. The molecule has 0 N–H and O–H groups in total. The molecule has 0 bridgehead atoms. The Morgan fingerprint density at radius 2 is 0.556 bits per heavy atom. The Kier molecular flexibility index (Phi) is 9.44. The highest BCUT2D eigenvalue weighted by molar-refractivity contribution is 5.58. The van der Waals surface area contributed by atoms with E-state index in [2.05, 4.69) is 128 Å². The molecule has 0 nitrogen and oxygen atoms in total. The van der Waals surface area contributed by atoms with Crippen molar-refractivity contribution < 1.29 is 0 Å². The molecule has 0 heterocycles. The Labute approximate surface area is 223 Å². The summed E-state index contributed by atoms with van der Waals surface area (Å²) in [6.07, 6.45) is 2.61. The monoisotopic (exact) mass is 484 g/mol. The maximum atomic E-state index is 2.36. The second-order valence-electron chi connectivity index (χ2n) is 12.2. The molecular weight excluding hydrogens is 432 g/mol. The van der Waals surface area contributed by atoms with E-state index < -0.39 is 0 Å². The molecule has 3 aromatic rings. The van der Waals surface area contributed by atoms with E-state index in [-0.39, 0.29) is 10.8 Å². The van der Waals surface area contributed by atoms with E-state index in [0.717, 1.165) is 0 Å². The van der Waals surface area contributed by atoms with Gasteiger partial charge in [-0.15, -0.1) is 0 Å². The van der Waals surface area contributed by atoms with Gasteiger partial charge in [-0.05, 0) is 57.1 Å². The standard InChI is InChI=1S/C18H20.C14H20.2C2H6/c1-17(2)13-9-5-7-11-15(13)18(3,4)16-12-8-6-10-14(16)17;1-13(2)9-10-14(3,4)12-8-6-5-7-11(12)13;2*1-2/h5-12H,1-4H3;5-8H,9-10H2,1-4H3;2*1-2H3. The minimum absolute atomic E-state index is 0.0999. The van der Waals surface area contributed by atoms with Gasteiger partial charge in [0.15, 0.2) is 0 Å². The van der Waals surface area contributed by atoms with Crippen LogP contribution in [0.2, 0.25) is 0 Å². The van der Waals surface area contributed by atoms with E-state index >= 15 is 0 Å². The lowest BCUT2D eigenvalue weighted by Gasteiger charge is -2.43. The summed E-state index contributed by atoms with van der Waals surface area (Å²) in [5.74, 6) is 0. The van der Waals surface area contributed by atoms with Crippen molar-refractivity contribution in [2.24, 2.45) is 0 Å². The summed E-state index contributed by atoms with van der Waals surface area (Å²) in [6, 6.07) is 26.7. The Morgan fingerprint density at radius 1 is 0.361 bits per heavy atom. The first-order valence-electron chi connectivity index (χ1n) is 14.2. The van der Waals surface area contributed by atoms with Crippen molar-refractivity contribution in [3.8, 4) is 0 Å². The summed E-state index contributed by atoms with van der Waals surface area (Å²) in [6.45, 7) is 26.8. The van der Waals surface area contributed by atoms with Gasteiger partial charge in [-0.1, -0.05) is 156 Å². The van der Waals surface area contributed by atoms with Gasteiger partial charge < -0.3 is 0 Å². The van der Waals surface area contributed by atoms with Gasteiger partial charge in [0.2, 0.25) is 0 Å². The Morgan fingerprint density at radius 3 is 0.778 bits per heavy atom. The maximum absolute atomic E-state index is 2.36. The van der Waals surface area contributed by atoms with Gasteiger partial charge in [0.1, 0.15) is 0 Å². The molecule has 196 valence electrons. The van der Waals surface area contributed by atoms with E-state index in [4.69, 9.17) is 0 Å². The molecule has 0 spiro atoms. The summed E-state index contributed by atoms with van der Waals surface area (Å²) in [4.78, 5) is 0. The number of benzene rings is 3. The quantitative estimate of drug-likeness (QED) is 0.297. The van der Waals surface area contributed by atoms with Gasteiger partial charge in [-0.3, -0.25) is 0 Å². The zero-order valence-corrected chi connectivity index (χ0v) is 25.3. The molecule has 0 fully saturated rings. The first-order chi connectivity index (χ1) is 16.9. The van der Waals surface area contributed by atoms with Crippen LogP contribution in [0.4, 0.5) is 0 Å². The first kappa shape index (κ1) is 29.9. The first-order valence-corrected chi connectivity index (χ1v) is 14.2. The molecule has 0 unspecified atom stereocenters. The van der Waals surface area contributed by atoms with Gasteiger partial charge in [0, 0.05) is 10.8 Å². The third-order valence-electron chi connectivity index (χ3n) is 8.31. The van der Waals surface area contributed by atoms with Crippen molar-refractivity contribution in [3.63, 3.8) is 0 Å². The molecule has 0 amide bonds. The molecule has 0 atom stereocenters. The van der Waals surface area contributed by atoms with E-state index in [1.165, 1.54) is 35.1 Å². The lowest BCUT2D eigenvalue weighted by molar-refractivity contribution is 0.332. The molecule has 0 aromatic heterocycles. The van der Waals surface area contributed by atoms with Crippen molar-refractivity contribution in [1.29, 1.82) is 0 Å². The molecule has 2 aliphatic carbocycles. The Bertz CT molecular complexity index is 984. The SMILES string of the molecule is CC.CC.CC1(C)CCC(C)(C)c2ccccc21.CC1(C)c2ccccc2C(C)(C)c2ccccc21. The molecule has 3 aromatic carbocycles. The van der Waals surface area contributed by atoms with E-state index in [9.17, 15) is 0 Å². The second kappa shape index (κ2) is 11.4. The number of hydrogen-bond acceptors (Lipinski definition) is 0. The van der Waals surface area contributed by atoms with E-state index in [0.29, 0.717) is 10.8 Å². The van der Waals surface area contributed by atoms with Gasteiger partial charge in [-0.2, -0.15) is 0 Å². The van der Waals surface area contributed by atoms with Crippen LogP contribution in [0.5, 0.6) is 0 Å². The molecule has 0 saturated carbocycles. The molecular formula is C36H52. The molecule has 0 aliphatic heterocycles. The third-order valence-corrected chi connectivity index (χ3v) is 8.31. The zero-order chi connectivity index (χ0) is 27.4. The van der Waals surface area contributed by atoms with Crippen molar-refractivity contribution in [2.75, 3.05) is 0 Å². The van der Waals surface area contributed by atoms with Crippen LogP contribution in [0.1, 0.15) is 129 Å². The van der Waals surface area contributed by atoms with Crippen LogP contribution in [-0.4, -0.2) is 0 Å². The van der Waals surface area contributed by atoms with Crippen molar-refractivity contribution in [2.45, 2.75) is 118 Å². The minimum Gasteiger partial charge on any atom is -0.0683 e. The summed E-state index contributed by atoms with van der Waals surface area (Å²) in [7, 11) is 0. The third kappa shape index (κ3) is 5.49. The smallest absolute Gasteiger partial charge is 0.0152 e. The van der Waals surface area contributed by atoms with Gasteiger partial charge in [0.05, 0.1) is 0 Å². The lowest BCUT2D eigenvalue weighted by atomic mass is 9.60. The van der Waals surface area contributed by atoms with Crippen LogP contribution >= 0.6 is 0 Å². The molecule has 2 aliphatic rings. The maximum Gasteiger partial charge on any atom is 0.0152 e. The van der Waals surface area contributed by atoms with Gasteiger partial charge in [-0.25, -0.2) is 0 Å². The predicted octanol–water partition coefficient (Wildman–Crippen LogP) is 10.7. The fourth-order valence-corrected chi connectivity index (χ4v) is 5.99. The number of hydrogen-bond donors (Lipinski definition) is 0. The van der Waals surface area contributed by atoms with Gasteiger partial charge in [0.25, 0.3) is 0 Å². The fraction of sp³-hybridized carbons (Fsp3) is 0.500. The normalized spacial score (nSPS) is 18.7. The summed E-state index contributed by atoms with van der Waals surface area (Å²) in [5.41, 5.74) is 9.90. The lowest BCUT2D eigenvalue weighted by Crippen LogP contribution is -2.36. The predicted molar refractivity (Wildman–Crippen MR) is 162 cm³/mol. The Balaban J connectivity index is 0.000000228. The van der Waals surface area contributed by atoms with Crippen molar-refractivity contribution in [1.82, 2.24) is 0 Å². The van der Waals surface area contributed by atoms with Crippen LogP contribution in [0, 0.1) is 0 Å². The number of rotatable bonds is 0. The molecule has 0 saturated heterocycles. The summed E-state index contributed by atoms with van der Waals surface area (Å²) >= 11 is 0. The topological polar surface area (TPSA) is 0 Å². The van der Waals surface area contributed by atoms with E-state index in [1.54, 1.807) is 11.1 Å². The van der Waals surface area contributed by atoms with Crippen molar-refractivity contribution in [3.05, 3.63) is 106 Å². The molecule has 0 heteroatoms.